The van der Waals surface area contributed by atoms with Crippen molar-refractivity contribution in [1.82, 2.24) is 14.9 Å². The average Bonchev–Trinajstić information content (AvgIpc) is 3.32. The van der Waals surface area contributed by atoms with Gasteiger partial charge >= 0.3 is 0 Å². The van der Waals surface area contributed by atoms with Gasteiger partial charge in [0.2, 0.25) is 0 Å². The molecule has 2 heterocycles. The third-order valence-corrected chi connectivity index (χ3v) is 5.66. The highest BCUT2D eigenvalue weighted by atomic mass is 16.3. The van der Waals surface area contributed by atoms with Gasteiger partial charge in [0.05, 0.1) is 17.4 Å². The molecule has 4 N–H and O–H groups in total. The number of hydrogen-bond donors (Lipinski definition) is 3. The Morgan fingerprint density at radius 1 is 1.03 bits per heavy atom. The van der Waals surface area contributed by atoms with E-state index in [1.54, 1.807) is 18.5 Å². The summed E-state index contributed by atoms with van der Waals surface area (Å²) in [6.45, 7) is 0.613. The molecule has 1 amide bonds. The van der Waals surface area contributed by atoms with Gasteiger partial charge in [0.25, 0.3) is 5.91 Å². The van der Waals surface area contributed by atoms with Gasteiger partial charge < -0.3 is 15.8 Å². The Balaban J connectivity index is 1.69. The van der Waals surface area contributed by atoms with Crippen LogP contribution in [-0.2, 0) is 18.8 Å². The lowest BCUT2D eigenvalue weighted by atomic mass is 9.93. The topological polar surface area (TPSA) is 95.2 Å². The summed E-state index contributed by atoms with van der Waals surface area (Å²) in [6, 6.07) is 20.4. The fraction of sp³-hybridized carbons (Fsp3) is 0.130. The molecule has 1 aromatic heterocycles. The van der Waals surface area contributed by atoms with E-state index in [2.05, 4.69) is 9.97 Å². The number of hydrogen-bond acceptors (Lipinski definition) is 4. The number of carbonyl (C=O) groups is 1. The van der Waals surface area contributed by atoms with Crippen LogP contribution >= 0.6 is 0 Å². The zero-order valence-electron chi connectivity index (χ0n) is 15.7. The molecule has 0 spiro atoms. The van der Waals surface area contributed by atoms with Gasteiger partial charge in [-0.3, -0.25) is 9.69 Å². The number of aliphatic hydroxyl groups is 1. The Morgan fingerprint density at radius 2 is 1.79 bits per heavy atom. The first-order valence-electron chi connectivity index (χ1n) is 9.47. The number of aromatic nitrogens is 2. The lowest BCUT2D eigenvalue weighted by molar-refractivity contribution is -0.0543. The van der Waals surface area contributed by atoms with Crippen LogP contribution in [0.5, 0.6) is 0 Å². The van der Waals surface area contributed by atoms with Gasteiger partial charge in [0, 0.05) is 29.8 Å². The van der Waals surface area contributed by atoms with E-state index in [9.17, 15) is 9.90 Å². The molecule has 6 heteroatoms. The molecule has 0 aliphatic carbocycles. The van der Waals surface area contributed by atoms with Gasteiger partial charge in [0.15, 0.2) is 5.72 Å². The number of nitrogens with two attached hydrogens (primary N) is 1. The molecule has 0 bridgehead atoms. The molecule has 144 valence electrons. The van der Waals surface area contributed by atoms with Crippen LogP contribution in [0.15, 0.2) is 73.1 Å². The zero-order chi connectivity index (χ0) is 20.0. The van der Waals surface area contributed by atoms with Gasteiger partial charge in [0.1, 0.15) is 0 Å². The number of imidazole rings is 1. The van der Waals surface area contributed by atoms with E-state index < -0.39 is 5.72 Å². The maximum atomic E-state index is 13.3. The standard InChI is InChI=1S/C23H20N4O2/c24-12-15-5-1-2-6-16(15)13-27-22(28)18-7-3-4-8-19(18)23(27,29)17-9-10-20-21(11-17)26-14-25-20/h1-11,14,29H,12-13,24H2,(H,25,26). The number of rotatable bonds is 4. The van der Waals surface area contributed by atoms with Crippen molar-refractivity contribution in [2.45, 2.75) is 18.8 Å². The van der Waals surface area contributed by atoms with Crippen molar-refractivity contribution in [3.8, 4) is 0 Å². The quantitative estimate of drug-likeness (QED) is 0.504. The van der Waals surface area contributed by atoms with E-state index in [-0.39, 0.29) is 12.5 Å². The summed E-state index contributed by atoms with van der Waals surface area (Å²) in [4.78, 5) is 22.2. The minimum atomic E-state index is -1.59. The predicted octanol–water partition coefficient (Wildman–Crippen LogP) is 2.87. The van der Waals surface area contributed by atoms with Gasteiger partial charge in [-0.25, -0.2) is 4.98 Å². The van der Waals surface area contributed by atoms with Crippen LogP contribution in [0.1, 0.15) is 32.6 Å². The molecular weight excluding hydrogens is 364 g/mol. The van der Waals surface area contributed by atoms with Gasteiger partial charge in [-0.2, -0.15) is 0 Å². The third-order valence-electron chi connectivity index (χ3n) is 5.66. The van der Waals surface area contributed by atoms with Crippen molar-refractivity contribution >= 4 is 16.9 Å². The molecule has 1 unspecified atom stereocenters. The fourth-order valence-corrected chi connectivity index (χ4v) is 4.14. The molecule has 1 atom stereocenters. The summed E-state index contributed by atoms with van der Waals surface area (Å²) in [5, 5.41) is 12.0. The Bertz CT molecular complexity index is 1230. The van der Waals surface area contributed by atoms with Gasteiger partial charge in [-0.05, 0) is 29.3 Å². The largest absolute Gasteiger partial charge is 0.363 e. The minimum Gasteiger partial charge on any atom is -0.363 e. The van der Waals surface area contributed by atoms with E-state index in [1.807, 2.05) is 54.6 Å². The molecule has 4 aromatic rings. The number of amides is 1. The number of fused-ring (bicyclic) bond motifs is 2. The smallest absolute Gasteiger partial charge is 0.257 e. The first kappa shape index (κ1) is 17.6. The Hall–Kier alpha value is -3.48. The summed E-state index contributed by atoms with van der Waals surface area (Å²) in [5.41, 5.74) is 9.46. The van der Waals surface area contributed by atoms with E-state index in [4.69, 9.17) is 5.73 Å². The normalized spacial score (nSPS) is 18.4. The first-order chi connectivity index (χ1) is 14.1. The molecule has 29 heavy (non-hydrogen) atoms. The number of nitrogens with zero attached hydrogens (tertiary/aromatic N) is 2. The highest BCUT2D eigenvalue weighted by Crippen LogP contribution is 2.43. The molecule has 3 aromatic carbocycles. The zero-order valence-corrected chi connectivity index (χ0v) is 15.7. The summed E-state index contributed by atoms with van der Waals surface area (Å²) >= 11 is 0. The molecular formula is C23H20N4O2. The van der Waals surface area contributed by atoms with Gasteiger partial charge in [-0.15, -0.1) is 0 Å². The molecule has 0 fully saturated rings. The summed E-state index contributed by atoms with van der Waals surface area (Å²) in [6.07, 6.45) is 1.61. The first-order valence-corrected chi connectivity index (χ1v) is 9.47. The number of carbonyl (C=O) groups excluding carboxylic acids is 1. The van der Waals surface area contributed by atoms with Crippen LogP contribution < -0.4 is 5.73 Å². The molecule has 1 aliphatic rings. The van der Waals surface area contributed by atoms with Crippen molar-refractivity contribution in [3.05, 3.63) is 101 Å². The monoisotopic (exact) mass is 384 g/mol. The van der Waals surface area contributed by atoms with E-state index >= 15 is 0 Å². The van der Waals surface area contributed by atoms with Crippen LogP contribution in [-0.4, -0.2) is 25.9 Å². The molecule has 5 rings (SSSR count). The molecule has 0 saturated carbocycles. The lowest BCUT2D eigenvalue weighted by Crippen LogP contribution is -2.44. The Labute approximate surface area is 167 Å². The summed E-state index contributed by atoms with van der Waals surface area (Å²) in [5.74, 6) is -0.209. The van der Waals surface area contributed by atoms with E-state index in [0.29, 0.717) is 23.2 Å². The molecule has 1 aliphatic heterocycles. The van der Waals surface area contributed by atoms with Crippen LogP contribution in [0, 0.1) is 0 Å². The SMILES string of the molecule is NCc1ccccc1CN1C(=O)c2ccccc2C1(O)c1ccc2nc[nH]c2c1. The van der Waals surface area contributed by atoms with Crippen LogP contribution in [0.4, 0.5) is 0 Å². The Kier molecular flexibility index (Phi) is 3.97. The molecule has 0 radical (unpaired) electrons. The van der Waals surface area contributed by atoms with Crippen molar-refractivity contribution in [1.29, 1.82) is 0 Å². The average molecular weight is 384 g/mol. The third kappa shape index (κ3) is 2.57. The number of nitrogens with one attached hydrogen (secondary N) is 1. The van der Waals surface area contributed by atoms with E-state index in [0.717, 1.165) is 22.2 Å². The second-order valence-corrected chi connectivity index (χ2v) is 7.22. The second-order valence-electron chi connectivity index (χ2n) is 7.22. The Morgan fingerprint density at radius 3 is 2.62 bits per heavy atom. The maximum absolute atomic E-state index is 13.3. The van der Waals surface area contributed by atoms with Crippen molar-refractivity contribution in [2.24, 2.45) is 5.73 Å². The van der Waals surface area contributed by atoms with Crippen LogP contribution in [0.3, 0.4) is 0 Å². The van der Waals surface area contributed by atoms with E-state index in [1.165, 1.54) is 4.90 Å². The van der Waals surface area contributed by atoms with Crippen molar-refractivity contribution in [3.63, 3.8) is 0 Å². The van der Waals surface area contributed by atoms with Crippen LogP contribution in [0.25, 0.3) is 11.0 Å². The summed E-state index contributed by atoms with van der Waals surface area (Å²) < 4.78 is 0. The highest BCUT2D eigenvalue weighted by Gasteiger charge is 2.49. The highest BCUT2D eigenvalue weighted by molar-refractivity contribution is 6.00. The number of H-pyrrole nitrogens is 1. The van der Waals surface area contributed by atoms with Gasteiger partial charge in [-0.1, -0.05) is 48.5 Å². The lowest BCUT2D eigenvalue weighted by Gasteiger charge is -2.35. The van der Waals surface area contributed by atoms with Crippen molar-refractivity contribution < 1.29 is 9.90 Å². The molecule has 0 saturated heterocycles. The number of aromatic amines is 1. The van der Waals surface area contributed by atoms with Crippen LogP contribution in [0.2, 0.25) is 0 Å². The number of benzene rings is 3. The minimum absolute atomic E-state index is 0.209. The predicted molar refractivity (Wildman–Crippen MR) is 110 cm³/mol. The fourth-order valence-electron chi connectivity index (χ4n) is 4.14. The second kappa shape index (κ2) is 6.55. The summed E-state index contributed by atoms with van der Waals surface area (Å²) in [7, 11) is 0. The van der Waals surface area contributed by atoms with Crippen molar-refractivity contribution in [2.75, 3.05) is 0 Å². The molecule has 6 nitrogen and oxygen atoms in total. The maximum Gasteiger partial charge on any atom is 0.257 e.